The summed E-state index contributed by atoms with van der Waals surface area (Å²) in [5, 5.41) is 3.38. The van der Waals surface area contributed by atoms with Crippen LogP contribution in [0.3, 0.4) is 0 Å². The molecule has 0 spiro atoms. The van der Waals surface area contributed by atoms with Crippen LogP contribution in [0.5, 0.6) is 11.5 Å². The molecule has 1 aliphatic heterocycles. The summed E-state index contributed by atoms with van der Waals surface area (Å²) < 4.78 is 18.2. The van der Waals surface area contributed by atoms with Crippen LogP contribution in [0.1, 0.15) is 25.5 Å². The fourth-order valence-corrected chi connectivity index (χ4v) is 2.82. The number of nitrogens with one attached hydrogen (secondary N) is 1. The van der Waals surface area contributed by atoms with Crippen LogP contribution in [-0.2, 0) is 4.74 Å². The third-order valence-corrected chi connectivity index (χ3v) is 3.89. The van der Waals surface area contributed by atoms with Crippen molar-refractivity contribution < 1.29 is 14.2 Å². The summed E-state index contributed by atoms with van der Waals surface area (Å²) in [5.74, 6) is 1.51. The lowest BCUT2D eigenvalue weighted by molar-refractivity contribution is -0.0441. The van der Waals surface area contributed by atoms with E-state index in [9.17, 15) is 0 Å². The summed E-state index contributed by atoms with van der Waals surface area (Å²) in [6, 6.07) is 18.0. The first-order valence-corrected chi connectivity index (χ1v) is 8.53. The summed E-state index contributed by atoms with van der Waals surface area (Å²) in [6.07, 6.45) is -0.123. The normalized spacial score (nSPS) is 19.0. The zero-order chi connectivity index (χ0) is 16.8. The van der Waals surface area contributed by atoms with E-state index in [2.05, 4.69) is 17.4 Å². The average Bonchev–Trinajstić information content (AvgIpc) is 2.62. The Labute approximate surface area is 143 Å². The maximum Gasteiger partial charge on any atom is 0.162 e. The van der Waals surface area contributed by atoms with Crippen LogP contribution in [0.2, 0.25) is 0 Å². The second-order valence-corrected chi connectivity index (χ2v) is 6.18. The van der Waals surface area contributed by atoms with Crippen LogP contribution in [0.25, 0.3) is 0 Å². The zero-order valence-corrected chi connectivity index (χ0v) is 14.3. The number of rotatable bonds is 6. The average molecular weight is 327 g/mol. The van der Waals surface area contributed by atoms with Crippen molar-refractivity contribution in [2.75, 3.05) is 19.7 Å². The number of ether oxygens (including phenoxy) is 3. The van der Waals surface area contributed by atoms with Crippen molar-refractivity contribution in [2.45, 2.75) is 32.2 Å². The number of hydrogen-bond acceptors (Lipinski definition) is 4. The molecule has 1 heterocycles. The van der Waals surface area contributed by atoms with Gasteiger partial charge in [0.15, 0.2) is 17.6 Å². The van der Waals surface area contributed by atoms with Crippen molar-refractivity contribution in [3.05, 3.63) is 60.2 Å². The summed E-state index contributed by atoms with van der Waals surface area (Å²) >= 11 is 0. The van der Waals surface area contributed by atoms with Crippen molar-refractivity contribution in [3.8, 4) is 11.5 Å². The van der Waals surface area contributed by atoms with E-state index in [0.29, 0.717) is 6.61 Å². The molecule has 2 aromatic rings. The van der Waals surface area contributed by atoms with Crippen molar-refractivity contribution in [2.24, 2.45) is 0 Å². The molecule has 2 aromatic carbocycles. The van der Waals surface area contributed by atoms with Crippen LogP contribution in [0.15, 0.2) is 54.6 Å². The molecule has 1 saturated heterocycles. The summed E-state index contributed by atoms with van der Waals surface area (Å²) in [7, 11) is 0. The second-order valence-electron chi connectivity index (χ2n) is 6.18. The molecule has 128 valence electrons. The lowest BCUT2D eigenvalue weighted by atomic mass is 10.0. The minimum absolute atomic E-state index is 0.0340. The fraction of sp³-hybridized carbons (Fsp3) is 0.400. The third kappa shape index (κ3) is 4.28. The van der Waals surface area contributed by atoms with E-state index < -0.39 is 0 Å². The van der Waals surface area contributed by atoms with Gasteiger partial charge in [0.05, 0.1) is 12.7 Å². The van der Waals surface area contributed by atoms with Gasteiger partial charge in [0, 0.05) is 13.1 Å². The minimum atomic E-state index is -0.184. The van der Waals surface area contributed by atoms with Gasteiger partial charge in [0.25, 0.3) is 0 Å². The van der Waals surface area contributed by atoms with Crippen LogP contribution in [-0.4, -0.2) is 31.9 Å². The molecule has 2 unspecified atom stereocenters. The second kappa shape index (κ2) is 8.18. The van der Waals surface area contributed by atoms with Gasteiger partial charge >= 0.3 is 0 Å². The molecule has 0 aromatic heterocycles. The van der Waals surface area contributed by atoms with Gasteiger partial charge < -0.3 is 19.5 Å². The quantitative estimate of drug-likeness (QED) is 0.880. The first-order chi connectivity index (χ1) is 11.7. The summed E-state index contributed by atoms with van der Waals surface area (Å²) in [4.78, 5) is 0. The van der Waals surface area contributed by atoms with Crippen LogP contribution >= 0.6 is 0 Å². The monoisotopic (exact) mass is 327 g/mol. The maximum absolute atomic E-state index is 6.38. The molecular formula is C20H25NO3. The van der Waals surface area contributed by atoms with E-state index >= 15 is 0 Å². The molecule has 0 saturated carbocycles. The lowest BCUT2D eigenvalue weighted by Crippen LogP contribution is -2.43. The molecule has 1 aliphatic rings. The third-order valence-electron chi connectivity index (χ3n) is 3.89. The first-order valence-electron chi connectivity index (χ1n) is 8.53. The highest BCUT2D eigenvalue weighted by molar-refractivity contribution is 5.40. The fourth-order valence-electron chi connectivity index (χ4n) is 2.82. The Hall–Kier alpha value is -2.04. The molecule has 4 heteroatoms. The molecule has 2 atom stereocenters. The summed E-state index contributed by atoms with van der Waals surface area (Å²) in [6.45, 7) is 6.37. The Bertz CT molecular complexity index is 624. The predicted molar refractivity (Wildman–Crippen MR) is 94.6 cm³/mol. The molecule has 0 aliphatic carbocycles. The lowest BCUT2D eigenvalue weighted by Gasteiger charge is -2.32. The number of benzene rings is 2. The van der Waals surface area contributed by atoms with E-state index in [1.807, 2.05) is 56.3 Å². The minimum Gasteiger partial charge on any atom is -0.487 e. The maximum atomic E-state index is 6.38. The van der Waals surface area contributed by atoms with Gasteiger partial charge in [-0.05, 0) is 31.5 Å². The van der Waals surface area contributed by atoms with Crippen molar-refractivity contribution in [3.63, 3.8) is 0 Å². The Kier molecular flexibility index (Phi) is 5.72. The molecule has 3 rings (SSSR count). The Balaban J connectivity index is 1.87. The van der Waals surface area contributed by atoms with Gasteiger partial charge in [-0.25, -0.2) is 0 Å². The molecule has 1 fully saturated rings. The highest BCUT2D eigenvalue weighted by Crippen LogP contribution is 2.34. The largest absolute Gasteiger partial charge is 0.487 e. The first kappa shape index (κ1) is 16.8. The molecule has 24 heavy (non-hydrogen) atoms. The van der Waals surface area contributed by atoms with Gasteiger partial charge in [-0.3, -0.25) is 0 Å². The molecule has 0 amide bonds. The topological polar surface area (TPSA) is 39.7 Å². The Morgan fingerprint density at radius 2 is 1.62 bits per heavy atom. The molecular weight excluding hydrogens is 302 g/mol. The molecule has 4 nitrogen and oxygen atoms in total. The highest BCUT2D eigenvalue weighted by Gasteiger charge is 2.28. The summed E-state index contributed by atoms with van der Waals surface area (Å²) in [5.41, 5.74) is 1.10. The number of para-hydroxylation sites is 2. The van der Waals surface area contributed by atoms with Crippen molar-refractivity contribution in [1.29, 1.82) is 0 Å². The van der Waals surface area contributed by atoms with Crippen molar-refractivity contribution >= 4 is 0 Å². The van der Waals surface area contributed by atoms with Gasteiger partial charge in [-0.15, -0.1) is 0 Å². The smallest absolute Gasteiger partial charge is 0.162 e. The Morgan fingerprint density at radius 1 is 0.958 bits per heavy atom. The van der Waals surface area contributed by atoms with Crippen LogP contribution in [0.4, 0.5) is 0 Å². The van der Waals surface area contributed by atoms with E-state index in [4.69, 9.17) is 14.2 Å². The predicted octanol–water partition coefficient (Wildman–Crippen LogP) is 3.58. The standard InChI is InChI=1S/C20H25NO3/c1-15(2)23-17-10-6-7-11-18(17)24-20(16-8-4-3-5-9-16)19-14-21-12-13-22-19/h3-11,15,19-21H,12-14H2,1-2H3. The van der Waals surface area contributed by atoms with Crippen LogP contribution in [0, 0.1) is 0 Å². The van der Waals surface area contributed by atoms with Gasteiger partial charge in [-0.1, -0.05) is 42.5 Å². The van der Waals surface area contributed by atoms with Crippen LogP contribution < -0.4 is 14.8 Å². The molecule has 1 N–H and O–H groups in total. The van der Waals surface area contributed by atoms with E-state index in [1.165, 1.54) is 0 Å². The van der Waals surface area contributed by atoms with Gasteiger partial charge in [0.1, 0.15) is 6.10 Å². The highest BCUT2D eigenvalue weighted by atomic mass is 16.6. The number of morpholine rings is 1. The molecule has 0 radical (unpaired) electrons. The number of hydrogen-bond donors (Lipinski definition) is 1. The zero-order valence-electron chi connectivity index (χ0n) is 14.3. The SMILES string of the molecule is CC(C)Oc1ccccc1OC(c1ccccc1)C1CNCCO1. The van der Waals surface area contributed by atoms with Gasteiger partial charge in [-0.2, -0.15) is 0 Å². The van der Waals surface area contributed by atoms with E-state index in [1.54, 1.807) is 0 Å². The Morgan fingerprint density at radius 3 is 2.25 bits per heavy atom. The van der Waals surface area contributed by atoms with E-state index in [-0.39, 0.29) is 18.3 Å². The molecule has 0 bridgehead atoms. The van der Waals surface area contributed by atoms with E-state index in [0.717, 1.165) is 30.2 Å². The van der Waals surface area contributed by atoms with Crippen molar-refractivity contribution in [1.82, 2.24) is 5.32 Å². The van der Waals surface area contributed by atoms with Gasteiger partial charge in [0.2, 0.25) is 0 Å².